The van der Waals surface area contributed by atoms with Crippen molar-refractivity contribution < 1.29 is 9.53 Å². The maximum Gasteiger partial charge on any atom is 0.407 e. The van der Waals surface area contributed by atoms with Crippen LogP contribution in [0.25, 0.3) is 22.9 Å². The number of rotatable bonds is 6. The molecule has 5 rings (SSSR count). The van der Waals surface area contributed by atoms with E-state index in [1.54, 1.807) is 0 Å². The number of carbonyl (C=O) groups excluding carboxylic acids is 1. The first kappa shape index (κ1) is 21.7. The van der Waals surface area contributed by atoms with E-state index in [0.29, 0.717) is 13.2 Å². The quantitative estimate of drug-likeness (QED) is 0.390. The Morgan fingerprint density at radius 3 is 2.24 bits per heavy atom. The van der Waals surface area contributed by atoms with E-state index in [0.717, 1.165) is 22.6 Å². The highest BCUT2D eigenvalue weighted by molar-refractivity contribution is 5.79. The third-order valence-electron chi connectivity index (χ3n) is 6.34. The number of para-hydroxylation sites is 1. The fraction of sp³-hybridized carbons (Fsp3) is 0.172. The Balaban J connectivity index is 1.19. The number of aryl methyl sites for hydroxylation is 1. The molecule has 0 bridgehead atoms. The summed E-state index contributed by atoms with van der Waals surface area (Å²) in [5.41, 5.74) is 8.93. The highest BCUT2D eigenvalue weighted by atomic mass is 16.5. The Bertz CT molecular complexity index is 1310. The lowest BCUT2D eigenvalue weighted by atomic mass is 9.98. The van der Waals surface area contributed by atoms with Crippen LogP contribution in [0, 0.1) is 13.8 Å². The predicted octanol–water partition coefficient (Wildman–Crippen LogP) is 6.04. The first-order chi connectivity index (χ1) is 16.6. The van der Waals surface area contributed by atoms with E-state index in [4.69, 9.17) is 4.74 Å². The minimum absolute atomic E-state index is 0.0582. The van der Waals surface area contributed by atoms with Crippen LogP contribution in [0.1, 0.15) is 34.0 Å². The number of hydrogen-bond acceptors (Lipinski definition) is 3. The van der Waals surface area contributed by atoms with Crippen LogP contribution in [0.4, 0.5) is 4.79 Å². The molecule has 0 saturated carbocycles. The third kappa shape index (κ3) is 4.13. The van der Waals surface area contributed by atoms with Gasteiger partial charge < -0.3 is 10.1 Å². The zero-order valence-corrected chi connectivity index (χ0v) is 19.4. The van der Waals surface area contributed by atoms with Gasteiger partial charge in [-0.25, -0.2) is 9.48 Å². The summed E-state index contributed by atoms with van der Waals surface area (Å²) in [5.74, 6) is 0.0582. The third-order valence-corrected chi connectivity index (χ3v) is 6.34. The molecule has 170 valence electrons. The number of nitrogens with one attached hydrogen (secondary N) is 1. The Hall–Kier alpha value is -4.12. The van der Waals surface area contributed by atoms with Gasteiger partial charge >= 0.3 is 6.09 Å². The average molecular weight is 450 g/mol. The van der Waals surface area contributed by atoms with Crippen molar-refractivity contribution in [3.8, 4) is 16.8 Å². The minimum atomic E-state index is -0.417. The largest absolute Gasteiger partial charge is 0.449 e. The number of nitrogens with zero attached hydrogens (tertiary/aromatic N) is 2. The Morgan fingerprint density at radius 1 is 0.941 bits per heavy atom. The summed E-state index contributed by atoms with van der Waals surface area (Å²) in [4.78, 5) is 12.4. The molecule has 1 heterocycles. The minimum Gasteiger partial charge on any atom is -0.449 e. The highest BCUT2D eigenvalue weighted by Crippen LogP contribution is 2.44. The van der Waals surface area contributed by atoms with Gasteiger partial charge in [-0.2, -0.15) is 5.10 Å². The van der Waals surface area contributed by atoms with Crippen LogP contribution < -0.4 is 5.32 Å². The molecule has 34 heavy (non-hydrogen) atoms. The normalized spacial score (nSPS) is 12.5. The molecule has 0 aliphatic heterocycles. The van der Waals surface area contributed by atoms with E-state index in [2.05, 4.69) is 34.7 Å². The van der Waals surface area contributed by atoms with Crippen LogP contribution in [0.5, 0.6) is 0 Å². The maximum absolute atomic E-state index is 12.4. The van der Waals surface area contributed by atoms with Gasteiger partial charge in [0.05, 0.1) is 11.4 Å². The van der Waals surface area contributed by atoms with Gasteiger partial charge in [0.2, 0.25) is 0 Å². The topological polar surface area (TPSA) is 56.2 Å². The van der Waals surface area contributed by atoms with Crippen molar-refractivity contribution >= 4 is 12.2 Å². The first-order valence-electron chi connectivity index (χ1n) is 11.5. The van der Waals surface area contributed by atoms with E-state index in [9.17, 15) is 4.79 Å². The molecule has 1 amide bonds. The Morgan fingerprint density at radius 2 is 1.56 bits per heavy atom. The first-order valence-corrected chi connectivity index (χ1v) is 11.5. The second-order valence-corrected chi connectivity index (χ2v) is 8.44. The van der Waals surface area contributed by atoms with Crippen LogP contribution in [0.15, 0.2) is 84.9 Å². The summed E-state index contributed by atoms with van der Waals surface area (Å²) in [5, 5.41) is 7.49. The SMILES string of the molecule is Cc1nn(-c2ccccc2)c(C)c1C=CCNC(=O)OCC1c2ccccc2-c2ccccc21. The summed E-state index contributed by atoms with van der Waals surface area (Å²) >= 11 is 0. The summed E-state index contributed by atoms with van der Waals surface area (Å²) < 4.78 is 7.54. The lowest BCUT2D eigenvalue weighted by Gasteiger charge is -2.14. The molecule has 3 aromatic carbocycles. The summed E-state index contributed by atoms with van der Waals surface area (Å²) in [6, 6.07) is 26.7. The summed E-state index contributed by atoms with van der Waals surface area (Å²) in [6.07, 6.45) is 3.51. The second kappa shape index (κ2) is 9.40. The van der Waals surface area contributed by atoms with Gasteiger partial charge in [0.25, 0.3) is 0 Å². The standard InChI is InChI=1S/C29H27N3O2/c1-20-23(21(2)32(31-20)22-11-4-3-5-12-22)17-10-18-30-29(33)34-19-28-26-15-8-6-13-24(26)25-14-7-9-16-27(25)28/h3-17,28H,18-19H2,1-2H3,(H,30,33). The van der Waals surface area contributed by atoms with Gasteiger partial charge in [-0.3, -0.25) is 0 Å². The van der Waals surface area contributed by atoms with Crippen LogP contribution >= 0.6 is 0 Å². The van der Waals surface area contributed by atoms with E-state index in [-0.39, 0.29) is 5.92 Å². The Labute approximate surface area is 199 Å². The van der Waals surface area contributed by atoms with Crippen LogP contribution in [0.3, 0.4) is 0 Å². The molecule has 0 fully saturated rings. The molecule has 5 heteroatoms. The molecule has 0 spiro atoms. The van der Waals surface area contributed by atoms with E-state index >= 15 is 0 Å². The van der Waals surface area contributed by atoms with Gasteiger partial charge in [-0.05, 0) is 48.2 Å². The number of alkyl carbamates (subject to hydrolysis) is 1. The van der Waals surface area contributed by atoms with Crippen molar-refractivity contribution in [3.05, 3.63) is 113 Å². The average Bonchev–Trinajstić information content (AvgIpc) is 3.34. The number of carbonyl (C=O) groups is 1. The number of hydrogen-bond donors (Lipinski definition) is 1. The van der Waals surface area contributed by atoms with Gasteiger partial charge in [-0.1, -0.05) is 78.9 Å². The zero-order chi connectivity index (χ0) is 23.5. The second-order valence-electron chi connectivity index (χ2n) is 8.44. The number of ether oxygens (including phenoxy) is 1. The van der Waals surface area contributed by atoms with E-state index in [1.165, 1.54) is 22.3 Å². The van der Waals surface area contributed by atoms with Crippen molar-refractivity contribution in [1.29, 1.82) is 0 Å². The molecule has 1 aliphatic carbocycles. The van der Waals surface area contributed by atoms with Gasteiger partial charge in [-0.15, -0.1) is 0 Å². The fourth-order valence-corrected chi connectivity index (χ4v) is 4.69. The van der Waals surface area contributed by atoms with E-state index in [1.807, 2.05) is 85.3 Å². The molecule has 1 aromatic heterocycles. The molecule has 1 aliphatic rings. The lowest BCUT2D eigenvalue weighted by Crippen LogP contribution is -2.26. The molecule has 0 unspecified atom stereocenters. The molecule has 4 aromatic rings. The number of benzene rings is 3. The smallest absolute Gasteiger partial charge is 0.407 e. The van der Waals surface area contributed by atoms with Crippen molar-refractivity contribution in [2.24, 2.45) is 0 Å². The summed E-state index contributed by atoms with van der Waals surface area (Å²) in [7, 11) is 0. The highest BCUT2D eigenvalue weighted by Gasteiger charge is 2.28. The van der Waals surface area contributed by atoms with Crippen LogP contribution in [-0.4, -0.2) is 29.0 Å². The number of fused-ring (bicyclic) bond motifs is 3. The molecular formula is C29H27N3O2. The molecule has 0 saturated heterocycles. The zero-order valence-electron chi connectivity index (χ0n) is 19.4. The lowest BCUT2D eigenvalue weighted by molar-refractivity contribution is 0.144. The molecule has 5 nitrogen and oxygen atoms in total. The van der Waals surface area contributed by atoms with Gasteiger partial charge in [0.15, 0.2) is 0 Å². The fourth-order valence-electron chi connectivity index (χ4n) is 4.69. The van der Waals surface area contributed by atoms with Crippen molar-refractivity contribution in [1.82, 2.24) is 15.1 Å². The van der Waals surface area contributed by atoms with Crippen LogP contribution in [0.2, 0.25) is 0 Å². The predicted molar refractivity (Wildman–Crippen MR) is 135 cm³/mol. The molecule has 0 radical (unpaired) electrons. The van der Waals surface area contributed by atoms with Crippen molar-refractivity contribution in [3.63, 3.8) is 0 Å². The monoisotopic (exact) mass is 449 g/mol. The number of aromatic nitrogens is 2. The Kier molecular flexibility index (Phi) is 6.00. The molecule has 1 N–H and O–H groups in total. The summed E-state index contributed by atoms with van der Waals surface area (Å²) in [6.45, 7) is 4.73. The van der Waals surface area contributed by atoms with E-state index < -0.39 is 6.09 Å². The molecular weight excluding hydrogens is 422 g/mol. The van der Waals surface area contributed by atoms with Crippen LogP contribution in [-0.2, 0) is 4.74 Å². The van der Waals surface area contributed by atoms with Gasteiger partial charge in [0, 0.05) is 23.7 Å². The maximum atomic E-state index is 12.4. The van der Waals surface area contributed by atoms with Crippen molar-refractivity contribution in [2.75, 3.05) is 13.2 Å². The van der Waals surface area contributed by atoms with Gasteiger partial charge in [0.1, 0.15) is 6.61 Å². The van der Waals surface area contributed by atoms with Crippen molar-refractivity contribution in [2.45, 2.75) is 19.8 Å². The molecule has 0 atom stereocenters. The number of amides is 1.